The molecule has 0 spiro atoms. The van der Waals surface area contributed by atoms with Gasteiger partial charge in [-0.3, -0.25) is 0 Å². The van der Waals surface area contributed by atoms with E-state index in [1.165, 1.54) is 17.5 Å². The van der Waals surface area contributed by atoms with Crippen LogP contribution in [0.25, 0.3) is 0 Å². The lowest BCUT2D eigenvalue weighted by atomic mass is 10.2. The van der Waals surface area contributed by atoms with Gasteiger partial charge < -0.3 is 15.6 Å². The van der Waals surface area contributed by atoms with Gasteiger partial charge >= 0.3 is 0 Å². The molecule has 6 nitrogen and oxygen atoms in total. The number of nitrogens with two attached hydrogens (primary N) is 1. The van der Waals surface area contributed by atoms with Gasteiger partial charge in [0.1, 0.15) is 10.6 Å². The summed E-state index contributed by atoms with van der Waals surface area (Å²) < 4.78 is 31.7. The van der Waals surface area contributed by atoms with E-state index in [1.807, 2.05) is 0 Å². The Hall–Kier alpha value is -1.31. The van der Waals surface area contributed by atoms with Gasteiger partial charge in [-0.15, -0.1) is 0 Å². The number of ether oxygens (including phenoxy) is 1. The number of sulfonamides is 1. The molecule has 0 bridgehead atoms. The van der Waals surface area contributed by atoms with Gasteiger partial charge in [0.15, 0.2) is 0 Å². The van der Waals surface area contributed by atoms with Gasteiger partial charge in [-0.25, -0.2) is 8.42 Å². The van der Waals surface area contributed by atoms with Gasteiger partial charge in [-0.1, -0.05) is 0 Å². The summed E-state index contributed by atoms with van der Waals surface area (Å²) in [5.41, 5.74) is 6.94. The van der Waals surface area contributed by atoms with E-state index in [-0.39, 0.29) is 29.8 Å². The normalized spacial score (nSPS) is 12.2. The fraction of sp³-hybridized carbons (Fsp3) is 0.538. The predicted octanol–water partition coefficient (Wildman–Crippen LogP) is 0.977. The van der Waals surface area contributed by atoms with E-state index in [9.17, 15) is 8.42 Å². The number of hydrogen-bond donors (Lipinski definition) is 2. The van der Waals surface area contributed by atoms with E-state index in [2.05, 4.69) is 0 Å². The number of anilines is 1. The van der Waals surface area contributed by atoms with Gasteiger partial charge in [-0.2, -0.15) is 4.31 Å². The molecule has 20 heavy (non-hydrogen) atoms. The molecule has 0 heterocycles. The lowest BCUT2D eigenvalue weighted by Crippen LogP contribution is -2.39. The lowest BCUT2D eigenvalue weighted by molar-refractivity contribution is 0.236. The number of nitrogens with zero attached hydrogens (tertiary/aromatic N) is 1. The van der Waals surface area contributed by atoms with Crippen LogP contribution in [0, 0.1) is 6.92 Å². The van der Waals surface area contributed by atoms with Crippen LogP contribution in [0.15, 0.2) is 17.0 Å². The third-order valence-corrected chi connectivity index (χ3v) is 5.13. The first kappa shape index (κ1) is 16.7. The Kier molecular flexibility index (Phi) is 5.38. The molecule has 1 aromatic carbocycles. The molecule has 114 valence electrons. The number of aliphatic hydroxyl groups excluding tert-OH is 1. The van der Waals surface area contributed by atoms with E-state index in [0.29, 0.717) is 5.69 Å². The summed E-state index contributed by atoms with van der Waals surface area (Å²) in [4.78, 5) is 0.0187. The zero-order valence-electron chi connectivity index (χ0n) is 12.3. The number of aryl methyl sites for hydroxylation is 1. The standard InChI is InChI=1S/C13H22N2O4S/c1-9(2)15(5-6-16)20(17,18)13-8-11(14)10(3)7-12(13)19-4/h7-9,16H,5-6,14H2,1-4H3. The molecular weight excluding hydrogens is 280 g/mol. The van der Waals surface area contributed by atoms with Crippen molar-refractivity contribution in [2.75, 3.05) is 26.0 Å². The van der Waals surface area contributed by atoms with Crippen molar-refractivity contribution in [3.8, 4) is 5.75 Å². The first-order chi connectivity index (χ1) is 9.25. The zero-order valence-corrected chi connectivity index (χ0v) is 13.1. The summed E-state index contributed by atoms with van der Waals surface area (Å²) in [6, 6.07) is 2.72. The van der Waals surface area contributed by atoms with Crippen molar-refractivity contribution in [1.29, 1.82) is 0 Å². The zero-order chi connectivity index (χ0) is 15.5. The van der Waals surface area contributed by atoms with Crippen molar-refractivity contribution >= 4 is 15.7 Å². The van der Waals surface area contributed by atoms with E-state index < -0.39 is 10.0 Å². The lowest BCUT2D eigenvalue weighted by Gasteiger charge is -2.26. The minimum Gasteiger partial charge on any atom is -0.495 e. The Bertz CT molecular complexity index is 570. The van der Waals surface area contributed by atoms with Gasteiger partial charge in [0.05, 0.1) is 13.7 Å². The third kappa shape index (κ3) is 3.23. The number of rotatable bonds is 6. The Morgan fingerprint density at radius 1 is 1.40 bits per heavy atom. The molecule has 0 unspecified atom stereocenters. The van der Waals surface area contributed by atoms with Crippen LogP contribution >= 0.6 is 0 Å². The van der Waals surface area contributed by atoms with Crippen LogP contribution < -0.4 is 10.5 Å². The van der Waals surface area contributed by atoms with Crippen LogP contribution in [0.3, 0.4) is 0 Å². The molecule has 7 heteroatoms. The molecular formula is C13H22N2O4S. The largest absolute Gasteiger partial charge is 0.495 e. The summed E-state index contributed by atoms with van der Waals surface area (Å²) in [7, 11) is -2.36. The molecule has 0 saturated heterocycles. The number of nitrogen functional groups attached to an aromatic ring is 1. The molecule has 1 rings (SSSR count). The second-order valence-electron chi connectivity index (χ2n) is 4.79. The molecule has 3 N–H and O–H groups in total. The van der Waals surface area contributed by atoms with Crippen LogP contribution in [0.5, 0.6) is 5.75 Å². The quantitative estimate of drug-likeness (QED) is 0.764. The summed E-state index contributed by atoms with van der Waals surface area (Å²) in [5.74, 6) is 0.250. The van der Waals surface area contributed by atoms with Gasteiger partial charge in [0.2, 0.25) is 10.0 Å². The van der Waals surface area contributed by atoms with Crippen molar-refractivity contribution < 1.29 is 18.3 Å². The van der Waals surface area contributed by atoms with E-state index in [1.54, 1.807) is 26.8 Å². The molecule has 0 aliphatic heterocycles. The number of aliphatic hydroxyl groups is 1. The maximum Gasteiger partial charge on any atom is 0.247 e. The summed E-state index contributed by atoms with van der Waals surface area (Å²) in [6.45, 7) is 5.05. The monoisotopic (exact) mass is 302 g/mol. The average molecular weight is 302 g/mol. The van der Waals surface area contributed by atoms with Crippen molar-refractivity contribution in [1.82, 2.24) is 4.31 Å². The molecule has 1 aromatic rings. The molecule has 0 aliphatic carbocycles. The SMILES string of the molecule is COc1cc(C)c(N)cc1S(=O)(=O)N(CCO)C(C)C. The maximum absolute atomic E-state index is 12.7. The summed E-state index contributed by atoms with van der Waals surface area (Å²) >= 11 is 0. The van der Waals surface area contributed by atoms with Crippen LogP contribution in [-0.2, 0) is 10.0 Å². The maximum atomic E-state index is 12.7. The van der Waals surface area contributed by atoms with Gasteiger partial charge in [0.25, 0.3) is 0 Å². The second kappa shape index (κ2) is 6.43. The minimum atomic E-state index is -3.78. The average Bonchev–Trinajstić information content (AvgIpc) is 2.37. The molecule has 0 fully saturated rings. The third-order valence-electron chi connectivity index (χ3n) is 3.04. The highest BCUT2D eigenvalue weighted by Gasteiger charge is 2.30. The fourth-order valence-corrected chi connectivity index (χ4v) is 3.72. The molecule has 0 amide bonds. The Morgan fingerprint density at radius 3 is 2.45 bits per heavy atom. The highest BCUT2D eigenvalue weighted by atomic mass is 32.2. The van der Waals surface area contributed by atoms with Crippen molar-refractivity contribution in [2.24, 2.45) is 0 Å². The Morgan fingerprint density at radius 2 is 2.00 bits per heavy atom. The second-order valence-corrected chi connectivity index (χ2v) is 6.65. The van der Waals surface area contributed by atoms with Gasteiger partial charge in [-0.05, 0) is 38.5 Å². The van der Waals surface area contributed by atoms with Crippen LogP contribution in [0.2, 0.25) is 0 Å². The topological polar surface area (TPSA) is 92.9 Å². The first-order valence-electron chi connectivity index (χ1n) is 6.32. The predicted molar refractivity (Wildman–Crippen MR) is 78.3 cm³/mol. The van der Waals surface area contributed by atoms with Crippen molar-refractivity contribution in [3.05, 3.63) is 17.7 Å². The molecule has 0 radical (unpaired) electrons. The van der Waals surface area contributed by atoms with Crippen LogP contribution in [0.4, 0.5) is 5.69 Å². The molecule has 0 saturated carbocycles. The highest BCUT2D eigenvalue weighted by molar-refractivity contribution is 7.89. The molecule has 0 aliphatic rings. The summed E-state index contributed by atoms with van der Waals surface area (Å²) in [5, 5.41) is 9.06. The summed E-state index contributed by atoms with van der Waals surface area (Å²) in [6.07, 6.45) is 0. The Labute approximate surface area is 120 Å². The van der Waals surface area contributed by atoms with Crippen molar-refractivity contribution in [3.63, 3.8) is 0 Å². The van der Waals surface area contributed by atoms with Crippen LogP contribution in [-0.4, -0.2) is 44.1 Å². The number of benzene rings is 1. The van der Waals surface area contributed by atoms with Gasteiger partial charge in [0, 0.05) is 18.3 Å². The minimum absolute atomic E-state index is 0.0187. The number of hydrogen-bond acceptors (Lipinski definition) is 5. The fourth-order valence-electron chi connectivity index (χ4n) is 1.92. The first-order valence-corrected chi connectivity index (χ1v) is 7.76. The highest BCUT2D eigenvalue weighted by Crippen LogP contribution is 2.31. The van der Waals surface area contributed by atoms with Crippen LogP contribution in [0.1, 0.15) is 19.4 Å². The molecule has 0 aromatic heterocycles. The van der Waals surface area contributed by atoms with E-state index >= 15 is 0 Å². The smallest absolute Gasteiger partial charge is 0.247 e. The Balaban J connectivity index is 3.44. The molecule has 0 atom stereocenters. The van der Waals surface area contributed by atoms with E-state index in [4.69, 9.17) is 15.6 Å². The van der Waals surface area contributed by atoms with E-state index in [0.717, 1.165) is 5.56 Å². The number of methoxy groups -OCH3 is 1. The van der Waals surface area contributed by atoms with Crippen molar-refractivity contribution in [2.45, 2.75) is 31.7 Å².